The predicted octanol–water partition coefficient (Wildman–Crippen LogP) is 4.29. The molecule has 0 fully saturated rings. The lowest BCUT2D eigenvalue weighted by Crippen LogP contribution is -2.62. The number of rotatable bonds is 8. The van der Waals surface area contributed by atoms with E-state index in [1.807, 2.05) is 27.7 Å². The van der Waals surface area contributed by atoms with Crippen LogP contribution in [0.1, 0.15) is 51.1 Å². The molecule has 3 heterocycles. The van der Waals surface area contributed by atoms with Gasteiger partial charge in [-0.05, 0) is 56.9 Å². The Kier molecular flexibility index (Phi) is 6.82. The summed E-state index contributed by atoms with van der Waals surface area (Å²) >= 11 is 0. The SMILES string of the molecule is CCN1C(=O)[C@@](C)(CC)N(CC)c2nc(CCc3cnn(Cc4cc(F)c(F)c(F)c4)c3)ncc21. The number of hydrogen-bond acceptors (Lipinski definition) is 5. The van der Waals surface area contributed by atoms with E-state index in [4.69, 9.17) is 4.98 Å². The Morgan fingerprint density at radius 1 is 0.971 bits per heavy atom. The van der Waals surface area contributed by atoms with Crippen molar-refractivity contribution in [2.24, 2.45) is 0 Å². The number of hydrogen-bond donors (Lipinski definition) is 0. The Bertz CT molecular complexity index is 1220. The third-order valence-corrected chi connectivity index (χ3v) is 6.68. The molecule has 186 valence electrons. The average molecular weight is 487 g/mol. The number of amides is 1. The molecule has 0 spiro atoms. The Morgan fingerprint density at radius 2 is 1.69 bits per heavy atom. The zero-order chi connectivity index (χ0) is 25.3. The topological polar surface area (TPSA) is 67.2 Å². The molecule has 3 aromatic rings. The molecule has 0 N–H and O–H groups in total. The van der Waals surface area contributed by atoms with E-state index in [1.54, 1.807) is 28.2 Å². The quantitative estimate of drug-likeness (QED) is 0.445. The number of carbonyl (C=O) groups excluding carboxylic acids is 1. The van der Waals surface area contributed by atoms with Gasteiger partial charge in [0, 0.05) is 25.7 Å². The van der Waals surface area contributed by atoms with E-state index < -0.39 is 23.0 Å². The van der Waals surface area contributed by atoms with Crippen molar-refractivity contribution in [3.63, 3.8) is 0 Å². The summed E-state index contributed by atoms with van der Waals surface area (Å²) in [5, 5.41) is 4.25. The second-order valence-electron chi connectivity index (χ2n) is 8.84. The first-order valence-corrected chi connectivity index (χ1v) is 11.8. The van der Waals surface area contributed by atoms with Gasteiger partial charge in [0.2, 0.25) is 0 Å². The first kappa shape index (κ1) is 24.7. The summed E-state index contributed by atoms with van der Waals surface area (Å²) in [4.78, 5) is 26.3. The van der Waals surface area contributed by atoms with Crippen LogP contribution in [-0.2, 0) is 24.2 Å². The molecule has 0 saturated carbocycles. The first-order valence-electron chi connectivity index (χ1n) is 11.8. The summed E-state index contributed by atoms with van der Waals surface area (Å²) in [5.74, 6) is -2.45. The molecular formula is C25H29F3N6O. The molecule has 1 atom stereocenters. The normalized spacial score (nSPS) is 17.7. The van der Waals surface area contributed by atoms with E-state index in [-0.39, 0.29) is 18.0 Å². The lowest BCUT2D eigenvalue weighted by molar-refractivity contribution is -0.123. The van der Waals surface area contributed by atoms with Gasteiger partial charge in [-0.2, -0.15) is 5.10 Å². The van der Waals surface area contributed by atoms with Crippen molar-refractivity contribution in [2.75, 3.05) is 22.9 Å². The van der Waals surface area contributed by atoms with Crippen LogP contribution < -0.4 is 9.80 Å². The minimum absolute atomic E-state index is 0.0570. The van der Waals surface area contributed by atoms with Crippen LogP contribution in [0.25, 0.3) is 0 Å². The molecule has 0 saturated heterocycles. The van der Waals surface area contributed by atoms with E-state index in [2.05, 4.69) is 15.0 Å². The van der Waals surface area contributed by atoms with Crippen LogP contribution in [0.3, 0.4) is 0 Å². The van der Waals surface area contributed by atoms with Gasteiger partial charge in [0.05, 0.1) is 18.9 Å². The van der Waals surface area contributed by atoms with Crippen molar-refractivity contribution in [2.45, 2.75) is 59.0 Å². The van der Waals surface area contributed by atoms with Crippen LogP contribution in [0.5, 0.6) is 0 Å². The summed E-state index contributed by atoms with van der Waals surface area (Å²) < 4.78 is 41.7. The number of anilines is 2. The van der Waals surface area contributed by atoms with Crippen LogP contribution >= 0.6 is 0 Å². The molecule has 10 heteroatoms. The van der Waals surface area contributed by atoms with Gasteiger partial charge in [0.1, 0.15) is 17.1 Å². The van der Waals surface area contributed by atoms with Gasteiger partial charge in [-0.25, -0.2) is 23.1 Å². The van der Waals surface area contributed by atoms with Crippen molar-refractivity contribution >= 4 is 17.4 Å². The molecule has 1 aliphatic heterocycles. The monoisotopic (exact) mass is 486 g/mol. The van der Waals surface area contributed by atoms with Crippen molar-refractivity contribution in [3.05, 3.63) is 65.1 Å². The van der Waals surface area contributed by atoms with Crippen molar-refractivity contribution in [3.8, 4) is 0 Å². The lowest BCUT2D eigenvalue weighted by atomic mass is 9.91. The summed E-state index contributed by atoms with van der Waals surface area (Å²) in [5.41, 5.74) is 1.25. The molecule has 1 aromatic carbocycles. The maximum absolute atomic E-state index is 13.5. The Labute approximate surface area is 202 Å². The average Bonchev–Trinajstić information content (AvgIpc) is 3.29. The second kappa shape index (κ2) is 9.67. The smallest absolute Gasteiger partial charge is 0.252 e. The predicted molar refractivity (Wildman–Crippen MR) is 127 cm³/mol. The Balaban J connectivity index is 1.51. The third-order valence-electron chi connectivity index (χ3n) is 6.68. The van der Waals surface area contributed by atoms with Gasteiger partial charge < -0.3 is 9.80 Å². The molecule has 0 radical (unpaired) electrons. The number of aromatic nitrogens is 4. The number of carbonyl (C=O) groups is 1. The van der Waals surface area contributed by atoms with Gasteiger partial charge in [-0.15, -0.1) is 0 Å². The number of aryl methyl sites for hydroxylation is 2. The summed E-state index contributed by atoms with van der Waals surface area (Å²) in [6.07, 6.45) is 7.01. The first-order chi connectivity index (χ1) is 16.7. The number of likely N-dealkylation sites (N-methyl/N-ethyl adjacent to an activating group) is 2. The number of fused-ring (bicyclic) bond motifs is 1. The fraction of sp³-hybridized carbons (Fsp3) is 0.440. The van der Waals surface area contributed by atoms with Crippen molar-refractivity contribution in [1.82, 2.24) is 19.7 Å². The highest BCUT2D eigenvalue weighted by atomic mass is 19.2. The van der Waals surface area contributed by atoms with E-state index in [1.165, 1.54) is 0 Å². The van der Waals surface area contributed by atoms with Crippen molar-refractivity contribution < 1.29 is 18.0 Å². The standard InChI is InChI=1S/C25H29F3N6O/c1-5-25(4)24(35)33(6-2)20-13-29-21(31-23(20)34(25)7-3)9-8-16-12-30-32(14-16)15-17-10-18(26)22(28)19(27)11-17/h10-14H,5-9,15H2,1-4H3/t25-/m1/s1. The van der Waals surface area contributed by atoms with E-state index in [0.717, 1.165) is 29.2 Å². The highest BCUT2D eigenvalue weighted by molar-refractivity contribution is 6.07. The van der Waals surface area contributed by atoms with Crippen LogP contribution in [0.15, 0.2) is 30.7 Å². The summed E-state index contributed by atoms with van der Waals surface area (Å²) in [6.45, 7) is 9.23. The van der Waals surface area contributed by atoms with Gasteiger partial charge >= 0.3 is 0 Å². The number of halogens is 3. The minimum atomic E-state index is -1.48. The van der Waals surface area contributed by atoms with Crippen molar-refractivity contribution in [1.29, 1.82) is 0 Å². The van der Waals surface area contributed by atoms with Crippen LogP contribution in [-0.4, -0.2) is 44.3 Å². The van der Waals surface area contributed by atoms with Crippen LogP contribution in [0.2, 0.25) is 0 Å². The Hall–Kier alpha value is -3.43. The highest BCUT2D eigenvalue weighted by Gasteiger charge is 2.46. The molecule has 1 amide bonds. The molecule has 7 nitrogen and oxygen atoms in total. The third kappa shape index (κ3) is 4.49. The fourth-order valence-electron chi connectivity index (χ4n) is 4.58. The summed E-state index contributed by atoms with van der Waals surface area (Å²) in [6, 6.07) is 1.93. The zero-order valence-corrected chi connectivity index (χ0v) is 20.4. The maximum Gasteiger partial charge on any atom is 0.252 e. The van der Waals surface area contributed by atoms with Gasteiger partial charge in [-0.3, -0.25) is 9.48 Å². The molecule has 0 aliphatic carbocycles. The largest absolute Gasteiger partial charge is 0.341 e. The minimum Gasteiger partial charge on any atom is -0.341 e. The van der Waals surface area contributed by atoms with E-state index in [0.29, 0.717) is 38.2 Å². The molecule has 0 bridgehead atoms. The van der Waals surface area contributed by atoms with Gasteiger partial charge in [0.25, 0.3) is 5.91 Å². The molecule has 1 aliphatic rings. The maximum atomic E-state index is 13.5. The van der Waals surface area contributed by atoms with E-state index >= 15 is 0 Å². The zero-order valence-electron chi connectivity index (χ0n) is 20.4. The second-order valence-corrected chi connectivity index (χ2v) is 8.84. The van der Waals surface area contributed by atoms with Gasteiger partial charge in [0.15, 0.2) is 23.3 Å². The van der Waals surface area contributed by atoms with Crippen LogP contribution in [0, 0.1) is 17.5 Å². The highest BCUT2D eigenvalue weighted by Crippen LogP contribution is 2.40. The Morgan fingerprint density at radius 3 is 2.31 bits per heavy atom. The fourth-order valence-corrected chi connectivity index (χ4v) is 4.58. The number of benzene rings is 1. The number of nitrogens with zero attached hydrogens (tertiary/aromatic N) is 6. The molecule has 35 heavy (non-hydrogen) atoms. The van der Waals surface area contributed by atoms with Gasteiger partial charge in [-0.1, -0.05) is 6.92 Å². The molecular weight excluding hydrogens is 457 g/mol. The summed E-state index contributed by atoms with van der Waals surface area (Å²) in [7, 11) is 0. The van der Waals surface area contributed by atoms with Crippen LogP contribution in [0.4, 0.5) is 24.7 Å². The van der Waals surface area contributed by atoms with E-state index in [9.17, 15) is 18.0 Å². The molecule has 0 unspecified atom stereocenters. The lowest BCUT2D eigenvalue weighted by Gasteiger charge is -2.47. The molecule has 4 rings (SSSR count). The molecule has 2 aromatic heterocycles.